The Morgan fingerprint density at radius 3 is 2.67 bits per heavy atom. The summed E-state index contributed by atoms with van der Waals surface area (Å²) in [7, 11) is 2.15. The van der Waals surface area contributed by atoms with E-state index in [-0.39, 0.29) is 30.0 Å². The third-order valence-corrected chi connectivity index (χ3v) is 11.4. The molecule has 1 amide bonds. The van der Waals surface area contributed by atoms with Gasteiger partial charge in [0.25, 0.3) is 0 Å². The molecule has 0 aliphatic carbocycles. The summed E-state index contributed by atoms with van der Waals surface area (Å²) in [5.74, 6) is 1.03. The summed E-state index contributed by atoms with van der Waals surface area (Å²) >= 11 is 6.75. The van der Waals surface area contributed by atoms with Crippen LogP contribution in [0.5, 0.6) is 6.01 Å². The van der Waals surface area contributed by atoms with Crippen LogP contribution in [0.15, 0.2) is 36.4 Å². The van der Waals surface area contributed by atoms with Crippen molar-refractivity contribution in [1.82, 2.24) is 24.7 Å². The molecule has 4 fully saturated rings. The molecule has 5 aliphatic heterocycles. The van der Waals surface area contributed by atoms with E-state index in [9.17, 15) is 4.79 Å². The van der Waals surface area contributed by atoms with Gasteiger partial charge < -0.3 is 33.9 Å². The lowest BCUT2D eigenvalue weighted by atomic mass is 9.89. The summed E-state index contributed by atoms with van der Waals surface area (Å²) in [5, 5.41) is 2.91. The molecule has 1 unspecified atom stereocenters. The lowest BCUT2D eigenvalue weighted by Gasteiger charge is -2.42. The number of rotatable bonds is 9. The smallest absolute Gasteiger partial charge is 0.318 e. The lowest BCUT2D eigenvalue weighted by molar-refractivity contribution is -0.135. The first kappa shape index (κ1) is 32.5. The topological polar surface area (TPSA) is 81.6 Å². The lowest BCUT2D eigenvalue weighted by Crippen LogP contribution is -2.58. The molecule has 0 saturated carbocycles. The number of halogens is 1. The van der Waals surface area contributed by atoms with E-state index >= 15 is 0 Å². The molecule has 0 N–H and O–H groups in total. The first-order valence-electron chi connectivity index (χ1n) is 17.7. The summed E-state index contributed by atoms with van der Waals surface area (Å²) in [6.45, 7) is 18.2. The average Bonchev–Trinajstić information content (AvgIpc) is 3.74. The van der Waals surface area contributed by atoms with Crippen LogP contribution in [0.1, 0.15) is 31.0 Å². The third kappa shape index (κ3) is 6.40. The van der Waals surface area contributed by atoms with E-state index in [1.807, 2.05) is 17.0 Å². The van der Waals surface area contributed by atoms with E-state index in [0.29, 0.717) is 44.8 Å². The Labute approximate surface area is 293 Å². The zero-order valence-electron chi connectivity index (χ0n) is 28.5. The van der Waals surface area contributed by atoms with Gasteiger partial charge in [-0.25, -0.2) is 6.57 Å². The van der Waals surface area contributed by atoms with Crippen LogP contribution in [-0.2, 0) is 22.5 Å². The monoisotopic (exact) mass is 684 g/mol. The van der Waals surface area contributed by atoms with E-state index in [2.05, 4.69) is 62.7 Å². The maximum absolute atomic E-state index is 13.8. The normalized spacial score (nSPS) is 26.3. The molecule has 3 aromatic rings. The van der Waals surface area contributed by atoms with Crippen LogP contribution in [-0.4, -0.2) is 128 Å². The van der Waals surface area contributed by atoms with Crippen LogP contribution in [0.25, 0.3) is 15.6 Å². The fourth-order valence-corrected chi connectivity index (χ4v) is 8.51. The molecule has 258 valence electrons. The SMILES string of the molecule is [C-]#[N+]C[C@H]1CN(c2nc(OC[C@@H]3CCCN3C)nc3c2CCN(c2cccc4cccc(Cl)c24)C3)CCN1C(=O)[C@H]1CN1CC1(C)COC1. The Bertz CT molecular complexity index is 1770. The molecule has 0 spiro atoms. The standard InChI is InChI=1S/C37H45ClN8O3/c1-37(23-48-24-37)22-45-20-32(45)35(47)46-16-15-44(18-27(46)17-39-2)34-28-12-14-43(31-11-5-8-25-7-4-10-29(38)33(25)31)19-30(28)40-36(41-34)49-21-26-9-6-13-42(26)3/h4-5,7-8,10-11,26-27,32H,6,9,12-24H2,1,3H3/t26-,27-,32+,45?/m0/s1. The van der Waals surface area contributed by atoms with Gasteiger partial charge in [0.2, 0.25) is 12.5 Å². The number of nitrogens with zero attached hydrogens (tertiary/aromatic N) is 8. The molecule has 49 heavy (non-hydrogen) atoms. The molecule has 0 bridgehead atoms. The van der Waals surface area contributed by atoms with Gasteiger partial charge in [-0.2, -0.15) is 9.97 Å². The Morgan fingerprint density at radius 1 is 1.08 bits per heavy atom. The highest BCUT2D eigenvalue weighted by molar-refractivity contribution is 6.36. The van der Waals surface area contributed by atoms with Crippen molar-refractivity contribution in [1.29, 1.82) is 0 Å². The highest BCUT2D eigenvalue weighted by atomic mass is 35.5. The van der Waals surface area contributed by atoms with Crippen molar-refractivity contribution in [3.63, 3.8) is 0 Å². The number of hydrogen-bond acceptors (Lipinski definition) is 9. The Balaban J connectivity index is 1.05. The Morgan fingerprint density at radius 2 is 1.92 bits per heavy atom. The number of likely N-dealkylation sites (tertiary alicyclic amines) is 1. The minimum atomic E-state index is -0.205. The summed E-state index contributed by atoms with van der Waals surface area (Å²) in [4.78, 5) is 38.9. The Kier molecular flexibility index (Phi) is 8.77. The van der Waals surface area contributed by atoms with Crippen LogP contribution < -0.4 is 14.5 Å². The summed E-state index contributed by atoms with van der Waals surface area (Å²) in [6.07, 6.45) is 3.04. The number of hydrogen-bond donors (Lipinski definition) is 0. The fourth-order valence-electron chi connectivity index (χ4n) is 8.23. The summed E-state index contributed by atoms with van der Waals surface area (Å²) in [6, 6.07) is 12.8. The van der Waals surface area contributed by atoms with Gasteiger partial charge in [-0.1, -0.05) is 42.8 Å². The molecule has 5 aliphatic rings. The van der Waals surface area contributed by atoms with Crippen molar-refractivity contribution >= 4 is 39.8 Å². The van der Waals surface area contributed by atoms with Crippen molar-refractivity contribution in [2.45, 2.75) is 50.9 Å². The van der Waals surface area contributed by atoms with E-state index in [1.54, 1.807) is 0 Å². The van der Waals surface area contributed by atoms with Crippen LogP contribution in [0.3, 0.4) is 0 Å². The van der Waals surface area contributed by atoms with Crippen LogP contribution in [0, 0.1) is 12.0 Å². The average molecular weight is 685 g/mol. The van der Waals surface area contributed by atoms with Crippen molar-refractivity contribution in [2.24, 2.45) is 5.41 Å². The van der Waals surface area contributed by atoms with Gasteiger partial charge >= 0.3 is 6.01 Å². The Hall–Kier alpha value is -3.69. The number of anilines is 2. The van der Waals surface area contributed by atoms with E-state index in [1.165, 1.54) is 6.42 Å². The second-order valence-corrected chi connectivity index (χ2v) is 15.3. The molecule has 8 rings (SSSR count). The molecule has 1 aromatic heterocycles. The zero-order valence-corrected chi connectivity index (χ0v) is 29.2. The second kappa shape index (κ2) is 13.2. The van der Waals surface area contributed by atoms with E-state index in [4.69, 9.17) is 37.6 Å². The third-order valence-electron chi connectivity index (χ3n) is 11.1. The van der Waals surface area contributed by atoms with Gasteiger partial charge in [0, 0.05) is 67.4 Å². The molecule has 6 heterocycles. The minimum absolute atomic E-state index is 0.0914. The number of carbonyl (C=O) groups excluding carboxylic acids is 1. The van der Waals surface area contributed by atoms with Gasteiger partial charge in [0.05, 0.1) is 30.5 Å². The highest BCUT2D eigenvalue weighted by Gasteiger charge is 2.49. The predicted octanol–water partition coefficient (Wildman–Crippen LogP) is 3.98. The van der Waals surface area contributed by atoms with Gasteiger partial charge in [-0.3, -0.25) is 9.69 Å². The number of carbonyl (C=O) groups is 1. The number of piperazine rings is 1. The molecule has 11 nitrogen and oxygen atoms in total. The van der Waals surface area contributed by atoms with Gasteiger partial charge in [0.1, 0.15) is 24.5 Å². The number of ether oxygens (including phenoxy) is 2. The molecule has 4 atom stereocenters. The first-order chi connectivity index (χ1) is 23.8. The van der Waals surface area contributed by atoms with Gasteiger partial charge in [-0.05, 0) is 50.4 Å². The number of amides is 1. The largest absolute Gasteiger partial charge is 0.462 e. The zero-order chi connectivity index (χ0) is 33.7. The van der Waals surface area contributed by atoms with Crippen molar-refractivity contribution < 1.29 is 14.3 Å². The number of benzene rings is 2. The van der Waals surface area contributed by atoms with Crippen molar-refractivity contribution in [3.8, 4) is 6.01 Å². The number of aromatic nitrogens is 2. The summed E-state index contributed by atoms with van der Waals surface area (Å²) < 4.78 is 11.8. The quantitative estimate of drug-likeness (QED) is 0.246. The molecule has 12 heteroatoms. The minimum Gasteiger partial charge on any atom is -0.462 e. The summed E-state index contributed by atoms with van der Waals surface area (Å²) in [5.41, 5.74) is 3.31. The van der Waals surface area contributed by atoms with Crippen LogP contribution in [0.4, 0.5) is 11.5 Å². The highest BCUT2D eigenvalue weighted by Crippen LogP contribution is 2.38. The van der Waals surface area contributed by atoms with Crippen LogP contribution >= 0.6 is 11.6 Å². The molecule has 4 saturated heterocycles. The van der Waals surface area contributed by atoms with Crippen molar-refractivity contribution in [3.05, 3.63) is 64.1 Å². The second-order valence-electron chi connectivity index (χ2n) is 14.9. The van der Waals surface area contributed by atoms with Crippen molar-refractivity contribution in [2.75, 3.05) is 89.0 Å². The van der Waals surface area contributed by atoms with Gasteiger partial charge in [0.15, 0.2) is 0 Å². The fraction of sp³-hybridized carbons (Fsp3) is 0.568. The van der Waals surface area contributed by atoms with Gasteiger partial charge in [-0.15, -0.1) is 0 Å². The van der Waals surface area contributed by atoms with E-state index in [0.717, 1.165) is 90.8 Å². The maximum atomic E-state index is 13.8. The predicted molar refractivity (Wildman–Crippen MR) is 190 cm³/mol. The molecular formula is C37H45ClN8O3. The number of likely N-dealkylation sites (N-methyl/N-ethyl adjacent to an activating group) is 1. The molecule has 0 radical (unpaired) electrons. The molecular weight excluding hydrogens is 640 g/mol. The number of fused-ring (bicyclic) bond motifs is 2. The first-order valence-corrected chi connectivity index (χ1v) is 18.0. The van der Waals surface area contributed by atoms with E-state index < -0.39 is 0 Å². The molecule has 2 aromatic carbocycles. The van der Waals surface area contributed by atoms with Crippen LogP contribution in [0.2, 0.25) is 5.02 Å². The maximum Gasteiger partial charge on any atom is 0.318 e.